The molecule has 6 heteroatoms. The molecule has 0 bridgehead atoms. The summed E-state index contributed by atoms with van der Waals surface area (Å²) in [5.74, 6) is -0.172. The molecular formula is C16H16N4O2. The number of carbonyl (C=O) groups excluding carboxylic acids is 1. The molecule has 0 fully saturated rings. The molecule has 1 amide bonds. The van der Waals surface area contributed by atoms with Crippen molar-refractivity contribution in [2.24, 2.45) is 7.05 Å². The van der Waals surface area contributed by atoms with Crippen LogP contribution in [0.3, 0.4) is 0 Å². The number of nitrogens with one attached hydrogen (secondary N) is 1. The Morgan fingerprint density at radius 3 is 2.68 bits per heavy atom. The highest BCUT2D eigenvalue weighted by atomic mass is 16.2. The second kappa shape index (κ2) is 5.48. The summed E-state index contributed by atoms with van der Waals surface area (Å²) in [5, 5.41) is 2.69. The largest absolute Gasteiger partial charge is 0.330 e. The normalized spacial score (nSPS) is 10.8. The van der Waals surface area contributed by atoms with Gasteiger partial charge in [0, 0.05) is 14.0 Å². The Balaban J connectivity index is 2.13. The molecule has 112 valence electrons. The maximum absolute atomic E-state index is 12.4. The Labute approximate surface area is 127 Å². The molecule has 0 aliphatic carbocycles. The zero-order valence-corrected chi connectivity index (χ0v) is 12.4. The maximum atomic E-state index is 12.4. The van der Waals surface area contributed by atoms with Gasteiger partial charge in [-0.1, -0.05) is 30.3 Å². The van der Waals surface area contributed by atoms with E-state index in [0.29, 0.717) is 23.4 Å². The van der Waals surface area contributed by atoms with Gasteiger partial charge in [0.25, 0.3) is 0 Å². The van der Waals surface area contributed by atoms with E-state index in [2.05, 4.69) is 10.3 Å². The number of aromatic nitrogens is 3. The van der Waals surface area contributed by atoms with Crippen LogP contribution >= 0.6 is 0 Å². The van der Waals surface area contributed by atoms with Crippen molar-refractivity contribution in [1.29, 1.82) is 0 Å². The molecule has 0 aliphatic heterocycles. The fourth-order valence-electron chi connectivity index (χ4n) is 2.47. The van der Waals surface area contributed by atoms with Crippen LogP contribution in [0.2, 0.25) is 0 Å². The monoisotopic (exact) mass is 296 g/mol. The minimum absolute atomic E-state index is 0.133. The average Bonchev–Trinajstić information content (AvgIpc) is 2.73. The number of anilines is 1. The van der Waals surface area contributed by atoms with Gasteiger partial charge in [-0.2, -0.15) is 0 Å². The van der Waals surface area contributed by atoms with Crippen LogP contribution in [0.1, 0.15) is 12.5 Å². The number of rotatable bonds is 3. The van der Waals surface area contributed by atoms with Gasteiger partial charge in [0.2, 0.25) is 5.91 Å². The first-order chi connectivity index (χ1) is 10.6. The quantitative estimate of drug-likeness (QED) is 0.800. The second-order valence-electron chi connectivity index (χ2n) is 5.16. The summed E-state index contributed by atoms with van der Waals surface area (Å²) in [6.45, 7) is 1.90. The SMILES string of the molecule is CC(=O)Nc1cnc2c(c1)n(Cc1ccccc1)c(=O)n2C. The van der Waals surface area contributed by atoms with Crippen LogP contribution in [-0.2, 0) is 18.4 Å². The first kappa shape index (κ1) is 14.1. The van der Waals surface area contributed by atoms with E-state index in [1.165, 1.54) is 11.5 Å². The van der Waals surface area contributed by atoms with Crippen molar-refractivity contribution in [3.63, 3.8) is 0 Å². The van der Waals surface area contributed by atoms with Gasteiger partial charge in [-0.15, -0.1) is 0 Å². The van der Waals surface area contributed by atoms with Crippen LogP contribution in [0.4, 0.5) is 5.69 Å². The zero-order chi connectivity index (χ0) is 15.7. The smallest absolute Gasteiger partial charge is 0.325 e. The molecule has 0 saturated heterocycles. The van der Waals surface area contributed by atoms with E-state index in [0.717, 1.165) is 5.56 Å². The van der Waals surface area contributed by atoms with Gasteiger partial charge < -0.3 is 5.32 Å². The van der Waals surface area contributed by atoms with Crippen LogP contribution in [0.25, 0.3) is 11.2 Å². The van der Waals surface area contributed by atoms with Crippen molar-refractivity contribution >= 4 is 22.8 Å². The van der Waals surface area contributed by atoms with Crippen molar-refractivity contribution < 1.29 is 4.79 Å². The Bertz CT molecular complexity index is 894. The van der Waals surface area contributed by atoms with E-state index >= 15 is 0 Å². The third-order valence-electron chi connectivity index (χ3n) is 3.48. The van der Waals surface area contributed by atoms with Crippen LogP contribution < -0.4 is 11.0 Å². The van der Waals surface area contributed by atoms with Crippen molar-refractivity contribution in [2.45, 2.75) is 13.5 Å². The third-order valence-corrected chi connectivity index (χ3v) is 3.48. The van der Waals surface area contributed by atoms with Crippen molar-refractivity contribution in [1.82, 2.24) is 14.1 Å². The molecule has 6 nitrogen and oxygen atoms in total. The lowest BCUT2D eigenvalue weighted by Crippen LogP contribution is -2.22. The number of nitrogens with zero attached hydrogens (tertiary/aromatic N) is 3. The molecule has 0 saturated carbocycles. The molecule has 2 aromatic heterocycles. The van der Waals surface area contributed by atoms with E-state index in [1.54, 1.807) is 23.9 Å². The van der Waals surface area contributed by atoms with Crippen LogP contribution in [0.15, 0.2) is 47.4 Å². The number of imidazole rings is 1. The molecule has 1 N–H and O–H groups in total. The minimum atomic E-state index is -0.172. The molecule has 1 aromatic carbocycles. The highest BCUT2D eigenvalue weighted by molar-refractivity contribution is 5.90. The molecule has 22 heavy (non-hydrogen) atoms. The predicted molar refractivity (Wildman–Crippen MR) is 84.8 cm³/mol. The van der Waals surface area contributed by atoms with Gasteiger partial charge >= 0.3 is 5.69 Å². The number of hydrogen-bond donors (Lipinski definition) is 1. The molecule has 3 rings (SSSR count). The van der Waals surface area contributed by atoms with Gasteiger partial charge in [-0.3, -0.25) is 13.9 Å². The Morgan fingerprint density at radius 2 is 2.00 bits per heavy atom. The lowest BCUT2D eigenvalue weighted by atomic mass is 10.2. The molecular weight excluding hydrogens is 280 g/mol. The number of amides is 1. The van der Waals surface area contributed by atoms with Crippen LogP contribution in [0.5, 0.6) is 0 Å². The average molecular weight is 296 g/mol. The lowest BCUT2D eigenvalue weighted by Gasteiger charge is -2.05. The first-order valence-corrected chi connectivity index (χ1v) is 6.93. The molecule has 0 atom stereocenters. The van der Waals surface area contributed by atoms with Gasteiger partial charge in [0.15, 0.2) is 5.65 Å². The summed E-state index contributed by atoms with van der Waals surface area (Å²) in [6, 6.07) is 11.5. The summed E-state index contributed by atoms with van der Waals surface area (Å²) in [4.78, 5) is 27.9. The summed E-state index contributed by atoms with van der Waals surface area (Å²) >= 11 is 0. The molecule has 0 spiro atoms. The second-order valence-corrected chi connectivity index (χ2v) is 5.16. The summed E-state index contributed by atoms with van der Waals surface area (Å²) in [5.41, 5.74) is 2.76. The number of aryl methyl sites for hydroxylation is 1. The Morgan fingerprint density at radius 1 is 1.27 bits per heavy atom. The number of benzene rings is 1. The van der Waals surface area contributed by atoms with Gasteiger partial charge in [0.1, 0.15) is 0 Å². The third kappa shape index (κ3) is 2.50. The zero-order valence-electron chi connectivity index (χ0n) is 12.4. The highest BCUT2D eigenvalue weighted by Gasteiger charge is 2.13. The topological polar surface area (TPSA) is 68.9 Å². The van der Waals surface area contributed by atoms with Crippen LogP contribution in [-0.4, -0.2) is 20.0 Å². The number of carbonyl (C=O) groups is 1. The molecule has 0 unspecified atom stereocenters. The Kier molecular flexibility index (Phi) is 3.50. The minimum Gasteiger partial charge on any atom is -0.325 e. The summed E-state index contributed by atoms with van der Waals surface area (Å²) in [7, 11) is 1.69. The van der Waals surface area contributed by atoms with Gasteiger partial charge in [-0.25, -0.2) is 9.78 Å². The van der Waals surface area contributed by atoms with Gasteiger partial charge in [0.05, 0.1) is 23.9 Å². The van der Waals surface area contributed by atoms with Crippen molar-refractivity contribution in [3.05, 3.63) is 58.6 Å². The van der Waals surface area contributed by atoms with E-state index in [4.69, 9.17) is 0 Å². The van der Waals surface area contributed by atoms with Crippen LogP contribution in [0, 0.1) is 0 Å². The standard InChI is InChI=1S/C16H16N4O2/c1-11(21)18-13-8-14-15(17-9-13)19(2)16(22)20(14)10-12-6-4-3-5-7-12/h3-9H,10H2,1-2H3,(H,18,21). The van der Waals surface area contributed by atoms with E-state index in [1.807, 2.05) is 30.3 Å². The predicted octanol–water partition coefficient (Wildman–Crippen LogP) is 1.74. The molecule has 0 radical (unpaired) electrons. The number of fused-ring (bicyclic) bond motifs is 1. The van der Waals surface area contributed by atoms with Crippen molar-refractivity contribution in [3.8, 4) is 0 Å². The lowest BCUT2D eigenvalue weighted by molar-refractivity contribution is -0.114. The fourth-order valence-corrected chi connectivity index (χ4v) is 2.47. The summed E-state index contributed by atoms with van der Waals surface area (Å²) < 4.78 is 3.17. The number of hydrogen-bond acceptors (Lipinski definition) is 3. The fraction of sp³-hybridized carbons (Fsp3) is 0.188. The first-order valence-electron chi connectivity index (χ1n) is 6.93. The molecule has 3 aromatic rings. The summed E-state index contributed by atoms with van der Waals surface area (Å²) in [6.07, 6.45) is 1.55. The molecule has 0 aliphatic rings. The maximum Gasteiger partial charge on any atom is 0.330 e. The molecule has 2 heterocycles. The number of pyridine rings is 1. The Hall–Kier alpha value is -2.89. The highest BCUT2D eigenvalue weighted by Crippen LogP contribution is 2.16. The van der Waals surface area contributed by atoms with E-state index < -0.39 is 0 Å². The van der Waals surface area contributed by atoms with E-state index in [-0.39, 0.29) is 11.6 Å². The van der Waals surface area contributed by atoms with E-state index in [9.17, 15) is 9.59 Å². The van der Waals surface area contributed by atoms with Gasteiger partial charge in [-0.05, 0) is 11.6 Å². The van der Waals surface area contributed by atoms with Crippen molar-refractivity contribution in [2.75, 3.05) is 5.32 Å².